The summed E-state index contributed by atoms with van der Waals surface area (Å²) in [7, 11) is 0. The third kappa shape index (κ3) is 5.68. The van der Waals surface area contributed by atoms with Crippen LogP contribution in [-0.4, -0.2) is 39.6 Å². The molecule has 1 aromatic carbocycles. The second kappa shape index (κ2) is 9.04. The summed E-state index contributed by atoms with van der Waals surface area (Å²) in [6, 6.07) is 9.90. The van der Waals surface area contributed by atoms with Gasteiger partial charge in [-0.3, -0.25) is 9.59 Å². The maximum absolute atomic E-state index is 12.6. The van der Waals surface area contributed by atoms with Gasteiger partial charge in [0.05, 0.1) is 17.9 Å². The number of nitrogens with one attached hydrogen (secondary N) is 1. The second-order valence-electron chi connectivity index (χ2n) is 8.25. The number of amides is 2. The predicted molar refractivity (Wildman–Crippen MR) is 113 cm³/mol. The highest BCUT2D eigenvalue weighted by atomic mass is 16.2. The van der Waals surface area contributed by atoms with Crippen LogP contribution in [0.5, 0.6) is 0 Å². The number of benzene rings is 1. The van der Waals surface area contributed by atoms with E-state index in [0.29, 0.717) is 12.4 Å². The highest BCUT2D eigenvalue weighted by Gasteiger charge is 2.22. The normalized spacial score (nSPS) is 11.4. The molecule has 6 heteroatoms. The summed E-state index contributed by atoms with van der Waals surface area (Å²) in [5.74, 6) is 0.295. The van der Waals surface area contributed by atoms with Gasteiger partial charge < -0.3 is 10.2 Å². The van der Waals surface area contributed by atoms with E-state index in [1.165, 1.54) is 6.92 Å². The Bertz CT molecular complexity index is 816. The summed E-state index contributed by atoms with van der Waals surface area (Å²) >= 11 is 0. The van der Waals surface area contributed by atoms with Crippen molar-refractivity contribution < 1.29 is 9.59 Å². The lowest BCUT2D eigenvalue weighted by Gasteiger charge is -2.20. The molecule has 0 unspecified atom stereocenters. The number of carbonyl (C=O) groups excluding carboxylic acids is 2. The molecule has 0 radical (unpaired) electrons. The molecule has 0 aliphatic heterocycles. The first-order valence-corrected chi connectivity index (χ1v) is 9.84. The molecule has 0 fully saturated rings. The molecule has 2 rings (SSSR count). The summed E-state index contributed by atoms with van der Waals surface area (Å²) in [6.07, 6.45) is 1.85. The van der Waals surface area contributed by atoms with E-state index in [-0.39, 0.29) is 23.8 Å². The van der Waals surface area contributed by atoms with Crippen LogP contribution in [-0.2, 0) is 15.0 Å². The maximum Gasteiger partial charge on any atom is 0.245 e. The number of carbonyl (C=O) groups is 2. The molecule has 6 nitrogen and oxygen atoms in total. The van der Waals surface area contributed by atoms with Crippen LogP contribution < -0.4 is 5.32 Å². The molecular formula is C22H32N4O2. The van der Waals surface area contributed by atoms with Gasteiger partial charge in [0.15, 0.2) is 0 Å². The zero-order valence-electron chi connectivity index (χ0n) is 17.9. The van der Waals surface area contributed by atoms with Crippen LogP contribution in [0.1, 0.15) is 58.7 Å². The topological polar surface area (TPSA) is 67.2 Å². The van der Waals surface area contributed by atoms with Gasteiger partial charge in [0, 0.05) is 24.9 Å². The van der Waals surface area contributed by atoms with E-state index in [9.17, 15) is 9.59 Å². The standard InChI is InChI=1S/C22H32N4O2/c1-7-8-13-25(17(3)27)15-21(28)23-20-14-19(22(4,5)6)24-26(20)18-11-9-16(2)10-12-18/h9-12,14H,7-8,13,15H2,1-6H3,(H,23,28). The number of aryl methyl sites for hydroxylation is 1. The molecule has 0 saturated heterocycles. The highest BCUT2D eigenvalue weighted by molar-refractivity contribution is 5.94. The van der Waals surface area contributed by atoms with Crippen LogP contribution in [0.25, 0.3) is 5.69 Å². The third-order valence-electron chi connectivity index (χ3n) is 4.59. The van der Waals surface area contributed by atoms with E-state index in [1.807, 2.05) is 37.3 Å². The van der Waals surface area contributed by atoms with Gasteiger partial charge in [0.2, 0.25) is 11.8 Å². The molecule has 152 valence electrons. The smallest absolute Gasteiger partial charge is 0.245 e. The lowest BCUT2D eigenvalue weighted by atomic mass is 9.92. The average Bonchev–Trinajstić information content (AvgIpc) is 3.03. The molecule has 2 amide bonds. The molecule has 0 aliphatic carbocycles. The SMILES string of the molecule is CCCCN(CC(=O)Nc1cc(C(C)(C)C)nn1-c1ccc(C)cc1)C(C)=O. The van der Waals surface area contributed by atoms with Crippen molar-refractivity contribution in [1.82, 2.24) is 14.7 Å². The highest BCUT2D eigenvalue weighted by Crippen LogP contribution is 2.26. The summed E-state index contributed by atoms with van der Waals surface area (Å²) < 4.78 is 1.75. The zero-order chi connectivity index (χ0) is 20.9. The number of nitrogens with zero attached hydrogens (tertiary/aromatic N) is 3. The zero-order valence-corrected chi connectivity index (χ0v) is 17.9. The van der Waals surface area contributed by atoms with Crippen LogP contribution >= 0.6 is 0 Å². The van der Waals surface area contributed by atoms with E-state index >= 15 is 0 Å². The first-order chi connectivity index (χ1) is 13.1. The molecule has 1 N–H and O–H groups in total. The first-order valence-electron chi connectivity index (χ1n) is 9.84. The number of rotatable bonds is 7. The third-order valence-corrected chi connectivity index (χ3v) is 4.59. The fourth-order valence-corrected chi connectivity index (χ4v) is 2.77. The van der Waals surface area contributed by atoms with Crippen molar-refractivity contribution in [2.75, 3.05) is 18.4 Å². The monoisotopic (exact) mass is 384 g/mol. The largest absolute Gasteiger partial charge is 0.334 e. The Labute approximate surface area is 167 Å². The van der Waals surface area contributed by atoms with Crippen LogP contribution in [0.15, 0.2) is 30.3 Å². The molecule has 0 saturated carbocycles. The summed E-state index contributed by atoms with van der Waals surface area (Å²) in [5.41, 5.74) is 2.77. The quantitative estimate of drug-likeness (QED) is 0.783. The molecule has 1 aromatic heterocycles. The lowest BCUT2D eigenvalue weighted by molar-refractivity contribution is -0.132. The Morgan fingerprint density at radius 3 is 2.36 bits per heavy atom. The van der Waals surface area contributed by atoms with Crippen molar-refractivity contribution in [3.63, 3.8) is 0 Å². The number of hydrogen-bond donors (Lipinski definition) is 1. The van der Waals surface area contributed by atoms with Crippen molar-refractivity contribution in [3.05, 3.63) is 41.6 Å². The van der Waals surface area contributed by atoms with Crippen molar-refractivity contribution in [3.8, 4) is 5.69 Å². The van der Waals surface area contributed by atoms with Gasteiger partial charge in [0.25, 0.3) is 0 Å². The Morgan fingerprint density at radius 2 is 1.82 bits per heavy atom. The molecule has 28 heavy (non-hydrogen) atoms. The molecule has 1 heterocycles. The Kier molecular flexibility index (Phi) is 7.00. The average molecular weight is 385 g/mol. The van der Waals surface area contributed by atoms with E-state index in [4.69, 9.17) is 5.10 Å². The van der Waals surface area contributed by atoms with E-state index in [2.05, 4.69) is 33.0 Å². The van der Waals surface area contributed by atoms with Gasteiger partial charge in [-0.15, -0.1) is 0 Å². The second-order valence-corrected chi connectivity index (χ2v) is 8.25. The fraction of sp³-hybridized carbons (Fsp3) is 0.500. The minimum Gasteiger partial charge on any atom is -0.334 e. The van der Waals surface area contributed by atoms with Gasteiger partial charge in [-0.2, -0.15) is 5.10 Å². The number of unbranched alkanes of at least 4 members (excludes halogenated alkanes) is 1. The summed E-state index contributed by atoms with van der Waals surface area (Å²) in [4.78, 5) is 26.0. The number of aromatic nitrogens is 2. The lowest BCUT2D eigenvalue weighted by Crippen LogP contribution is -2.37. The van der Waals surface area contributed by atoms with Crippen LogP contribution in [0.4, 0.5) is 5.82 Å². The van der Waals surface area contributed by atoms with Crippen molar-refractivity contribution in [2.24, 2.45) is 0 Å². The molecular weight excluding hydrogens is 352 g/mol. The maximum atomic E-state index is 12.6. The number of anilines is 1. The van der Waals surface area contributed by atoms with Crippen LogP contribution in [0, 0.1) is 6.92 Å². The Hall–Kier alpha value is -2.63. The fourth-order valence-electron chi connectivity index (χ4n) is 2.77. The van der Waals surface area contributed by atoms with Gasteiger partial charge in [-0.1, -0.05) is 51.8 Å². The summed E-state index contributed by atoms with van der Waals surface area (Å²) in [5, 5.41) is 7.67. The Morgan fingerprint density at radius 1 is 1.18 bits per heavy atom. The molecule has 0 atom stereocenters. The van der Waals surface area contributed by atoms with Gasteiger partial charge in [0.1, 0.15) is 5.82 Å². The van der Waals surface area contributed by atoms with E-state index < -0.39 is 0 Å². The van der Waals surface area contributed by atoms with Crippen molar-refractivity contribution in [1.29, 1.82) is 0 Å². The predicted octanol–water partition coefficient (Wildman–Crippen LogP) is 4.07. The minimum absolute atomic E-state index is 0.0409. The van der Waals surface area contributed by atoms with E-state index in [1.54, 1.807) is 9.58 Å². The van der Waals surface area contributed by atoms with E-state index in [0.717, 1.165) is 29.8 Å². The van der Waals surface area contributed by atoms with Gasteiger partial charge in [-0.05, 0) is 25.5 Å². The van der Waals surface area contributed by atoms with Crippen LogP contribution in [0.3, 0.4) is 0 Å². The summed E-state index contributed by atoms with van der Waals surface area (Å²) in [6.45, 7) is 12.5. The Balaban J connectivity index is 2.28. The van der Waals surface area contributed by atoms with Gasteiger partial charge >= 0.3 is 0 Å². The molecule has 2 aromatic rings. The number of hydrogen-bond acceptors (Lipinski definition) is 3. The van der Waals surface area contributed by atoms with Crippen molar-refractivity contribution in [2.45, 2.75) is 59.8 Å². The van der Waals surface area contributed by atoms with Gasteiger partial charge in [-0.25, -0.2) is 4.68 Å². The molecule has 0 spiro atoms. The minimum atomic E-state index is -0.222. The first kappa shape index (κ1) is 21.7. The molecule has 0 aliphatic rings. The van der Waals surface area contributed by atoms with Crippen molar-refractivity contribution >= 4 is 17.6 Å². The van der Waals surface area contributed by atoms with Crippen LogP contribution in [0.2, 0.25) is 0 Å². The molecule has 0 bridgehead atoms.